The highest BCUT2D eigenvalue weighted by Crippen LogP contribution is 2.30. The van der Waals surface area contributed by atoms with Gasteiger partial charge in [0.2, 0.25) is 11.7 Å². The Bertz CT molecular complexity index is 672. The lowest BCUT2D eigenvalue weighted by Crippen LogP contribution is -2.38. The predicted octanol–water partition coefficient (Wildman–Crippen LogP) is 2.97. The van der Waals surface area contributed by atoms with E-state index in [0.29, 0.717) is 43.5 Å². The number of rotatable bonds is 3. The van der Waals surface area contributed by atoms with Crippen LogP contribution in [0, 0.1) is 6.92 Å². The first kappa shape index (κ1) is 15.9. The van der Waals surface area contributed by atoms with Crippen molar-refractivity contribution < 1.29 is 22.4 Å². The maximum Gasteiger partial charge on any atom is 0.416 e. The fourth-order valence-corrected chi connectivity index (χ4v) is 2.55. The van der Waals surface area contributed by atoms with Gasteiger partial charge in [0.05, 0.1) is 12.2 Å². The Labute approximate surface area is 131 Å². The molecule has 1 saturated heterocycles. The molecule has 1 atom stereocenters. The van der Waals surface area contributed by atoms with Gasteiger partial charge in [-0.3, -0.25) is 4.90 Å². The van der Waals surface area contributed by atoms with Crippen LogP contribution < -0.4 is 0 Å². The van der Waals surface area contributed by atoms with Crippen molar-refractivity contribution in [3.63, 3.8) is 0 Å². The number of hydrogen-bond donors (Lipinski definition) is 0. The molecule has 0 bridgehead atoms. The molecule has 0 radical (unpaired) electrons. The summed E-state index contributed by atoms with van der Waals surface area (Å²) in [5.74, 6) is 0.926. The van der Waals surface area contributed by atoms with Crippen molar-refractivity contribution in [2.24, 2.45) is 0 Å². The fraction of sp³-hybridized carbons (Fsp3) is 0.467. The van der Waals surface area contributed by atoms with Crippen molar-refractivity contribution >= 4 is 0 Å². The number of halogens is 3. The van der Waals surface area contributed by atoms with Crippen molar-refractivity contribution in [1.29, 1.82) is 0 Å². The van der Waals surface area contributed by atoms with Gasteiger partial charge in [0.15, 0.2) is 0 Å². The zero-order chi connectivity index (χ0) is 16.4. The van der Waals surface area contributed by atoms with Gasteiger partial charge in [0.1, 0.15) is 6.10 Å². The Morgan fingerprint density at radius 2 is 2.17 bits per heavy atom. The maximum atomic E-state index is 12.8. The summed E-state index contributed by atoms with van der Waals surface area (Å²) in [5, 5.41) is 3.84. The van der Waals surface area contributed by atoms with Crippen LogP contribution in [0.3, 0.4) is 0 Å². The van der Waals surface area contributed by atoms with Crippen LogP contribution in [0.5, 0.6) is 0 Å². The van der Waals surface area contributed by atoms with Gasteiger partial charge in [-0.2, -0.15) is 18.2 Å². The molecular formula is C15H16F3N3O2. The lowest BCUT2D eigenvalue weighted by Gasteiger charge is -2.31. The molecule has 2 heterocycles. The van der Waals surface area contributed by atoms with Gasteiger partial charge in [-0.1, -0.05) is 23.4 Å². The first-order valence-corrected chi connectivity index (χ1v) is 7.22. The minimum Gasteiger partial charge on any atom is -0.367 e. The summed E-state index contributed by atoms with van der Waals surface area (Å²) in [6, 6.07) is 5.38. The molecule has 0 saturated carbocycles. The Morgan fingerprint density at radius 1 is 1.35 bits per heavy atom. The van der Waals surface area contributed by atoms with Gasteiger partial charge >= 0.3 is 6.18 Å². The molecule has 0 amide bonds. The van der Waals surface area contributed by atoms with Crippen molar-refractivity contribution in [3.8, 4) is 0 Å². The Kier molecular flexibility index (Phi) is 4.36. The molecule has 1 aromatic heterocycles. The molecule has 8 heteroatoms. The fourth-order valence-electron chi connectivity index (χ4n) is 2.55. The third kappa shape index (κ3) is 3.89. The van der Waals surface area contributed by atoms with E-state index in [4.69, 9.17) is 9.26 Å². The van der Waals surface area contributed by atoms with Crippen molar-refractivity contribution in [3.05, 3.63) is 47.1 Å². The molecule has 1 aliphatic heterocycles. The Balaban J connectivity index is 1.68. The highest BCUT2D eigenvalue weighted by atomic mass is 19.4. The molecule has 1 fully saturated rings. The molecule has 23 heavy (non-hydrogen) atoms. The van der Waals surface area contributed by atoms with Crippen LogP contribution in [0.1, 0.15) is 28.9 Å². The van der Waals surface area contributed by atoms with Gasteiger partial charge in [0.25, 0.3) is 0 Å². The van der Waals surface area contributed by atoms with Crippen LogP contribution >= 0.6 is 0 Å². The van der Waals surface area contributed by atoms with Crippen molar-refractivity contribution in [2.75, 3.05) is 19.7 Å². The van der Waals surface area contributed by atoms with Gasteiger partial charge in [-0.15, -0.1) is 0 Å². The second kappa shape index (κ2) is 6.29. The van der Waals surface area contributed by atoms with E-state index in [9.17, 15) is 13.2 Å². The molecule has 2 aromatic rings. The normalized spacial score (nSPS) is 19.9. The average Bonchev–Trinajstić information content (AvgIpc) is 2.94. The minimum absolute atomic E-state index is 0.327. The minimum atomic E-state index is -4.33. The summed E-state index contributed by atoms with van der Waals surface area (Å²) < 4.78 is 48.9. The topological polar surface area (TPSA) is 51.4 Å². The van der Waals surface area contributed by atoms with Gasteiger partial charge in [-0.25, -0.2) is 0 Å². The summed E-state index contributed by atoms with van der Waals surface area (Å²) in [4.78, 5) is 6.17. The number of hydrogen-bond acceptors (Lipinski definition) is 5. The van der Waals surface area contributed by atoms with E-state index >= 15 is 0 Å². The average molecular weight is 327 g/mol. The molecule has 3 rings (SSSR count). The first-order chi connectivity index (χ1) is 10.9. The summed E-state index contributed by atoms with van der Waals surface area (Å²) in [7, 11) is 0. The van der Waals surface area contributed by atoms with Crippen LogP contribution in [0.25, 0.3) is 0 Å². The molecule has 1 unspecified atom stereocenters. The number of alkyl halides is 3. The number of nitrogens with zero attached hydrogens (tertiary/aromatic N) is 3. The highest BCUT2D eigenvalue weighted by Gasteiger charge is 2.31. The molecule has 0 spiro atoms. The Hall–Kier alpha value is -1.93. The van der Waals surface area contributed by atoms with E-state index in [2.05, 4.69) is 10.1 Å². The maximum absolute atomic E-state index is 12.8. The van der Waals surface area contributed by atoms with Crippen LogP contribution in [0.15, 0.2) is 28.8 Å². The second-order valence-electron chi connectivity index (χ2n) is 5.46. The van der Waals surface area contributed by atoms with E-state index in [1.54, 1.807) is 13.0 Å². The van der Waals surface area contributed by atoms with Crippen molar-refractivity contribution in [2.45, 2.75) is 25.7 Å². The largest absolute Gasteiger partial charge is 0.416 e. The molecule has 5 nitrogen and oxygen atoms in total. The van der Waals surface area contributed by atoms with E-state index in [1.807, 2.05) is 4.90 Å². The van der Waals surface area contributed by atoms with Gasteiger partial charge in [-0.05, 0) is 11.6 Å². The second-order valence-corrected chi connectivity index (χ2v) is 5.46. The summed E-state index contributed by atoms with van der Waals surface area (Å²) in [6.07, 6.45) is -4.65. The lowest BCUT2D eigenvalue weighted by atomic mass is 10.1. The van der Waals surface area contributed by atoms with Gasteiger partial charge < -0.3 is 9.26 Å². The molecule has 124 valence electrons. The van der Waals surface area contributed by atoms with Gasteiger partial charge in [0, 0.05) is 26.6 Å². The molecule has 1 aromatic carbocycles. The molecule has 0 N–H and O–H groups in total. The first-order valence-electron chi connectivity index (χ1n) is 7.22. The molecule has 0 aliphatic carbocycles. The predicted molar refractivity (Wildman–Crippen MR) is 74.4 cm³/mol. The van der Waals surface area contributed by atoms with Crippen molar-refractivity contribution in [1.82, 2.24) is 15.0 Å². The smallest absolute Gasteiger partial charge is 0.367 e. The zero-order valence-corrected chi connectivity index (χ0v) is 12.5. The van der Waals surface area contributed by atoms with E-state index in [0.717, 1.165) is 6.07 Å². The standard InChI is InChI=1S/C15H16F3N3O2/c1-10-19-14(20-23-10)13-9-21(5-6-22-13)8-11-3-2-4-12(7-11)15(16,17)18/h2-4,7,13H,5-6,8-9H2,1H3. The quantitative estimate of drug-likeness (QED) is 0.867. The SMILES string of the molecule is Cc1nc(C2CN(Cc3cccc(C(F)(F)F)c3)CCO2)no1. The number of benzene rings is 1. The number of morpholine rings is 1. The van der Waals surface area contributed by atoms with Crippen LogP contribution in [-0.4, -0.2) is 34.7 Å². The zero-order valence-electron chi connectivity index (χ0n) is 12.5. The lowest BCUT2D eigenvalue weighted by molar-refractivity contribution is -0.137. The third-order valence-corrected chi connectivity index (χ3v) is 3.64. The van der Waals surface area contributed by atoms with Crippen LogP contribution in [0.2, 0.25) is 0 Å². The number of ether oxygens (including phenoxy) is 1. The van der Waals surface area contributed by atoms with E-state index < -0.39 is 11.7 Å². The summed E-state index contributed by atoms with van der Waals surface area (Å²) >= 11 is 0. The van der Waals surface area contributed by atoms with Crippen LogP contribution in [-0.2, 0) is 17.5 Å². The molecule has 1 aliphatic rings. The number of aromatic nitrogens is 2. The summed E-state index contributed by atoms with van der Waals surface area (Å²) in [6.45, 7) is 3.73. The van der Waals surface area contributed by atoms with E-state index in [-0.39, 0.29) is 6.10 Å². The highest BCUT2D eigenvalue weighted by molar-refractivity contribution is 5.25. The van der Waals surface area contributed by atoms with E-state index in [1.165, 1.54) is 12.1 Å². The van der Waals surface area contributed by atoms with Crippen LogP contribution in [0.4, 0.5) is 13.2 Å². The number of aryl methyl sites for hydroxylation is 1. The Morgan fingerprint density at radius 3 is 2.87 bits per heavy atom. The monoisotopic (exact) mass is 327 g/mol. The molecular weight excluding hydrogens is 311 g/mol. The summed E-state index contributed by atoms with van der Waals surface area (Å²) in [5.41, 5.74) is -0.0154. The third-order valence-electron chi connectivity index (χ3n) is 3.64.